The predicted molar refractivity (Wildman–Crippen MR) is 75.6 cm³/mol. The Balaban J connectivity index is 2.05. The Morgan fingerprint density at radius 3 is 2.50 bits per heavy atom. The summed E-state index contributed by atoms with van der Waals surface area (Å²) in [5, 5.41) is -0.425. The Kier molecular flexibility index (Phi) is 3.10. The second-order valence-electron chi connectivity index (χ2n) is 4.57. The normalized spacial score (nSPS) is 12.8. The zero-order valence-electron chi connectivity index (χ0n) is 10.6. The number of alkyl halides is 1. The van der Waals surface area contributed by atoms with Crippen LogP contribution in [-0.4, -0.2) is 4.57 Å². The van der Waals surface area contributed by atoms with Gasteiger partial charge in [0.05, 0.1) is 10.9 Å². The second kappa shape index (κ2) is 4.80. The van der Waals surface area contributed by atoms with Gasteiger partial charge in [-0.15, -0.1) is 11.6 Å². The Morgan fingerprint density at radius 2 is 1.80 bits per heavy atom. The minimum atomic E-state index is -0.425. The summed E-state index contributed by atoms with van der Waals surface area (Å²) in [6.07, 6.45) is 0. The van der Waals surface area contributed by atoms with Crippen LogP contribution in [-0.2, 0) is 7.05 Å². The number of fused-ring (bicyclic) bond motifs is 1. The molecule has 0 fully saturated rings. The predicted octanol–water partition coefficient (Wildman–Crippen LogP) is 3.60. The molecule has 2 aromatic carbocycles. The van der Waals surface area contributed by atoms with Gasteiger partial charge in [-0.1, -0.05) is 18.2 Å². The van der Waals surface area contributed by atoms with Gasteiger partial charge < -0.3 is 4.42 Å². The maximum Gasteiger partial charge on any atom is 0.419 e. The maximum absolute atomic E-state index is 12.9. The van der Waals surface area contributed by atoms with Gasteiger partial charge in [-0.3, -0.25) is 4.57 Å². The van der Waals surface area contributed by atoms with Crippen LogP contribution in [0.1, 0.15) is 16.5 Å². The molecular formula is C15H11ClFNO2. The molecule has 102 valence electrons. The molecule has 0 amide bonds. The Labute approximate surface area is 119 Å². The summed E-state index contributed by atoms with van der Waals surface area (Å²) >= 11 is 6.38. The van der Waals surface area contributed by atoms with Crippen LogP contribution in [0.15, 0.2) is 51.7 Å². The lowest BCUT2D eigenvalue weighted by atomic mass is 10.0. The van der Waals surface area contributed by atoms with Crippen molar-refractivity contribution < 1.29 is 8.81 Å². The molecule has 3 aromatic rings. The van der Waals surface area contributed by atoms with Crippen LogP contribution in [0.4, 0.5) is 4.39 Å². The zero-order chi connectivity index (χ0) is 14.3. The van der Waals surface area contributed by atoms with E-state index in [0.29, 0.717) is 11.1 Å². The maximum atomic E-state index is 12.9. The summed E-state index contributed by atoms with van der Waals surface area (Å²) in [6.45, 7) is 0. The van der Waals surface area contributed by atoms with Crippen molar-refractivity contribution >= 4 is 22.7 Å². The molecule has 1 unspecified atom stereocenters. The molecule has 1 aromatic heterocycles. The first-order chi connectivity index (χ1) is 9.56. The van der Waals surface area contributed by atoms with Crippen LogP contribution in [0.2, 0.25) is 0 Å². The Morgan fingerprint density at radius 1 is 1.15 bits per heavy atom. The van der Waals surface area contributed by atoms with Gasteiger partial charge in [-0.05, 0) is 35.4 Å². The molecule has 3 nitrogen and oxygen atoms in total. The third kappa shape index (κ3) is 2.12. The average Bonchev–Trinajstić information content (AvgIpc) is 2.74. The molecule has 1 atom stereocenters. The van der Waals surface area contributed by atoms with Crippen molar-refractivity contribution in [2.75, 3.05) is 0 Å². The van der Waals surface area contributed by atoms with Crippen molar-refractivity contribution in [2.45, 2.75) is 5.38 Å². The van der Waals surface area contributed by atoms with Crippen LogP contribution in [0.25, 0.3) is 11.1 Å². The van der Waals surface area contributed by atoms with Gasteiger partial charge in [0.1, 0.15) is 5.82 Å². The monoisotopic (exact) mass is 291 g/mol. The summed E-state index contributed by atoms with van der Waals surface area (Å²) < 4.78 is 19.5. The highest BCUT2D eigenvalue weighted by molar-refractivity contribution is 6.22. The number of hydrogen-bond acceptors (Lipinski definition) is 2. The Hall–Kier alpha value is -2.07. The van der Waals surface area contributed by atoms with E-state index in [1.165, 1.54) is 16.7 Å². The number of oxazole rings is 1. The number of hydrogen-bond donors (Lipinski definition) is 0. The van der Waals surface area contributed by atoms with E-state index < -0.39 is 11.1 Å². The molecule has 5 heteroatoms. The standard InChI is InChI=1S/C15H11ClFNO2/c1-18-12-7-4-10(8-13(12)20-15(18)19)14(16)9-2-5-11(17)6-3-9/h2-8,14H,1H3. The smallest absolute Gasteiger partial charge is 0.408 e. The van der Waals surface area contributed by atoms with Crippen LogP contribution in [0, 0.1) is 5.82 Å². The van der Waals surface area contributed by atoms with Crippen molar-refractivity contribution in [3.8, 4) is 0 Å². The lowest BCUT2D eigenvalue weighted by Crippen LogP contribution is -2.08. The number of halogens is 2. The lowest BCUT2D eigenvalue weighted by molar-refractivity contribution is 0.528. The van der Waals surface area contributed by atoms with E-state index in [-0.39, 0.29) is 5.82 Å². The molecule has 20 heavy (non-hydrogen) atoms. The number of rotatable bonds is 2. The summed E-state index contributed by atoms with van der Waals surface area (Å²) in [5.41, 5.74) is 2.77. The van der Waals surface area contributed by atoms with Gasteiger partial charge >= 0.3 is 5.76 Å². The SMILES string of the molecule is Cn1c(=O)oc2cc(C(Cl)c3ccc(F)cc3)ccc21. The topological polar surface area (TPSA) is 35.1 Å². The second-order valence-corrected chi connectivity index (χ2v) is 5.00. The molecule has 0 aliphatic rings. The highest BCUT2D eigenvalue weighted by Crippen LogP contribution is 2.30. The van der Waals surface area contributed by atoms with E-state index in [2.05, 4.69) is 0 Å². The highest BCUT2D eigenvalue weighted by atomic mass is 35.5. The molecule has 0 spiro atoms. The van der Waals surface area contributed by atoms with Gasteiger partial charge in [0.25, 0.3) is 0 Å². The van der Waals surface area contributed by atoms with Crippen LogP contribution in [0.3, 0.4) is 0 Å². The first-order valence-corrected chi connectivity index (χ1v) is 6.49. The molecule has 0 saturated heterocycles. The van der Waals surface area contributed by atoms with Crippen molar-refractivity contribution in [1.82, 2.24) is 4.57 Å². The van der Waals surface area contributed by atoms with Crippen molar-refractivity contribution in [3.63, 3.8) is 0 Å². The summed E-state index contributed by atoms with van der Waals surface area (Å²) in [4.78, 5) is 11.4. The van der Waals surface area contributed by atoms with E-state index in [1.807, 2.05) is 6.07 Å². The van der Waals surface area contributed by atoms with Crippen molar-refractivity contribution in [2.24, 2.45) is 7.05 Å². The number of aryl methyl sites for hydroxylation is 1. The van der Waals surface area contributed by atoms with E-state index in [1.54, 1.807) is 31.3 Å². The molecule has 0 bridgehead atoms. The van der Waals surface area contributed by atoms with E-state index >= 15 is 0 Å². The van der Waals surface area contributed by atoms with Gasteiger partial charge in [-0.25, -0.2) is 9.18 Å². The third-order valence-corrected chi connectivity index (χ3v) is 3.78. The first-order valence-electron chi connectivity index (χ1n) is 6.05. The molecule has 3 rings (SSSR count). The number of aromatic nitrogens is 1. The fraction of sp³-hybridized carbons (Fsp3) is 0.133. The fourth-order valence-electron chi connectivity index (χ4n) is 2.13. The average molecular weight is 292 g/mol. The van der Waals surface area contributed by atoms with E-state index in [9.17, 15) is 9.18 Å². The molecule has 0 N–H and O–H groups in total. The largest absolute Gasteiger partial charge is 0.419 e. The molecule has 0 aliphatic carbocycles. The van der Waals surface area contributed by atoms with Crippen LogP contribution in [0.5, 0.6) is 0 Å². The number of nitrogens with zero attached hydrogens (tertiary/aromatic N) is 1. The third-order valence-electron chi connectivity index (χ3n) is 3.27. The van der Waals surface area contributed by atoms with Crippen molar-refractivity contribution in [1.29, 1.82) is 0 Å². The summed E-state index contributed by atoms with van der Waals surface area (Å²) in [7, 11) is 1.64. The van der Waals surface area contributed by atoms with E-state index in [0.717, 1.165) is 11.1 Å². The first kappa shape index (κ1) is 12.9. The van der Waals surface area contributed by atoms with Gasteiger partial charge in [0.2, 0.25) is 0 Å². The summed E-state index contributed by atoms with van der Waals surface area (Å²) in [6, 6.07) is 11.4. The van der Waals surface area contributed by atoms with Crippen molar-refractivity contribution in [3.05, 3.63) is 70.0 Å². The van der Waals surface area contributed by atoms with Gasteiger partial charge in [0, 0.05) is 7.05 Å². The highest BCUT2D eigenvalue weighted by Gasteiger charge is 2.14. The number of benzene rings is 2. The lowest BCUT2D eigenvalue weighted by Gasteiger charge is -2.10. The molecule has 0 aliphatic heterocycles. The van der Waals surface area contributed by atoms with Crippen LogP contribution < -0.4 is 5.76 Å². The molecule has 1 heterocycles. The fourth-order valence-corrected chi connectivity index (χ4v) is 2.41. The quantitative estimate of drug-likeness (QED) is 0.676. The molecular weight excluding hydrogens is 281 g/mol. The molecule has 0 saturated carbocycles. The van der Waals surface area contributed by atoms with E-state index in [4.69, 9.17) is 16.0 Å². The summed E-state index contributed by atoms with van der Waals surface area (Å²) in [5.74, 6) is -0.716. The van der Waals surface area contributed by atoms with Gasteiger partial charge in [-0.2, -0.15) is 0 Å². The zero-order valence-corrected chi connectivity index (χ0v) is 11.4. The minimum absolute atomic E-state index is 0.304. The minimum Gasteiger partial charge on any atom is -0.408 e. The molecule has 0 radical (unpaired) electrons. The van der Waals surface area contributed by atoms with Gasteiger partial charge in [0.15, 0.2) is 5.58 Å². The Bertz CT molecular complexity index is 820. The van der Waals surface area contributed by atoms with Crippen LogP contribution >= 0.6 is 11.6 Å².